The summed E-state index contributed by atoms with van der Waals surface area (Å²) in [6.07, 6.45) is 2.02. The van der Waals surface area contributed by atoms with Crippen molar-refractivity contribution >= 4 is 27.6 Å². The van der Waals surface area contributed by atoms with E-state index in [4.69, 9.17) is 0 Å². The highest BCUT2D eigenvalue weighted by Gasteiger charge is 2.22. The van der Waals surface area contributed by atoms with Crippen molar-refractivity contribution in [2.45, 2.75) is 46.6 Å². The molecule has 0 heterocycles. The van der Waals surface area contributed by atoms with Crippen LogP contribution in [-0.2, 0) is 0 Å². The summed E-state index contributed by atoms with van der Waals surface area (Å²) in [4.78, 5) is 13.7. The lowest BCUT2D eigenvalue weighted by molar-refractivity contribution is 0.0697. The van der Waals surface area contributed by atoms with Crippen LogP contribution < -0.4 is 4.90 Å². The fourth-order valence-corrected chi connectivity index (χ4v) is 2.84. The summed E-state index contributed by atoms with van der Waals surface area (Å²) in [6.45, 7) is 9.49. The monoisotopic (exact) mass is 341 g/mol. The molecule has 1 N–H and O–H groups in total. The largest absolute Gasteiger partial charge is 0.478 e. The molecule has 1 aromatic rings. The predicted molar refractivity (Wildman–Crippen MR) is 87.7 cm³/mol. The first-order chi connectivity index (χ1) is 9.40. The number of carboxylic acids is 1. The van der Waals surface area contributed by atoms with Crippen LogP contribution in [0.3, 0.4) is 0 Å². The normalized spacial score (nSPS) is 11.2. The van der Waals surface area contributed by atoms with Crippen molar-refractivity contribution < 1.29 is 9.90 Å². The van der Waals surface area contributed by atoms with E-state index in [0.717, 1.165) is 29.5 Å². The molecular weight excluding hydrogens is 318 g/mol. The Balaban J connectivity index is 3.31. The van der Waals surface area contributed by atoms with E-state index in [1.165, 1.54) is 0 Å². The van der Waals surface area contributed by atoms with E-state index in [1.807, 2.05) is 6.07 Å². The van der Waals surface area contributed by atoms with Crippen LogP contribution in [-0.4, -0.2) is 23.7 Å². The summed E-state index contributed by atoms with van der Waals surface area (Å²) in [5.41, 5.74) is 1.19. The van der Waals surface area contributed by atoms with Crippen LogP contribution in [0.25, 0.3) is 0 Å². The molecule has 20 heavy (non-hydrogen) atoms. The first-order valence-corrected chi connectivity index (χ1v) is 7.99. The Morgan fingerprint density at radius 2 is 1.90 bits per heavy atom. The first-order valence-electron chi connectivity index (χ1n) is 7.20. The Morgan fingerprint density at radius 1 is 1.30 bits per heavy atom. The van der Waals surface area contributed by atoms with Gasteiger partial charge in [-0.25, -0.2) is 4.79 Å². The topological polar surface area (TPSA) is 40.5 Å². The maximum Gasteiger partial charge on any atom is 0.337 e. The zero-order chi connectivity index (χ0) is 15.3. The van der Waals surface area contributed by atoms with Crippen molar-refractivity contribution in [2.24, 2.45) is 5.92 Å². The third-order valence-corrected chi connectivity index (χ3v) is 3.94. The van der Waals surface area contributed by atoms with E-state index in [2.05, 4.69) is 48.5 Å². The zero-order valence-electron chi connectivity index (χ0n) is 12.7. The second-order valence-electron chi connectivity index (χ2n) is 5.48. The number of anilines is 1. The predicted octanol–water partition coefficient (Wildman–Crippen LogP) is 4.80. The number of hydrogen-bond acceptors (Lipinski definition) is 2. The van der Waals surface area contributed by atoms with Crippen LogP contribution in [0, 0.1) is 5.92 Å². The zero-order valence-corrected chi connectivity index (χ0v) is 14.3. The molecule has 0 atom stereocenters. The number of carbonyl (C=O) groups is 1. The molecule has 0 aliphatic heterocycles. The summed E-state index contributed by atoms with van der Waals surface area (Å²) in [7, 11) is 0. The maximum absolute atomic E-state index is 11.5. The molecule has 0 aliphatic rings. The van der Waals surface area contributed by atoms with Gasteiger partial charge in [-0.1, -0.05) is 43.6 Å². The van der Waals surface area contributed by atoms with Gasteiger partial charge in [0.05, 0.1) is 11.3 Å². The second-order valence-corrected chi connectivity index (χ2v) is 6.40. The highest BCUT2D eigenvalue weighted by molar-refractivity contribution is 9.10. The van der Waals surface area contributed by atoms with Crippen molar-refractivity contribution in [1.29, 1.82) is 0 Å². The molecule has 0 fully saturated rings. The Kier molecular flexibility index (Phi) is 6.53. The van der Waals surface area contributed by atoms with E-state index < -0.39 is 5.97 Å². The number of halogens is 1. The quantitative estimate of drug-likeness (QED) is 0.774. The number of aromatic carboxylic acids is 1. The van der Waals surface area contributed by atoms with E-state index in [9.17, 15) is 9.90 Å². The third kappa shape index (κ3) is 4.23. The molecule has 0 amide bonds. The summed E-state index contributed by atoms with van der Waals surface area (Å²) < 4.78 is 0.914. The van der Waals surface area contributed by atoms with E-state index in [1.54, 1.807) is 12.1 Å². The molecule has 3 nitrogen and oxygen atoms in total. The smallest absolute Gasteiger partial charge is 0.337 e. The molecule has 0 saturated carbocycles. The van der Waals surface area contributed by atoms with Crippen molar-refractivity contribution in [3.05, 3.63) is 28.2 Å². The van der Waals surface area contributed by atoms with Gasteiger partial charge in [-0.2, -0.15) is 0 Å². The second kappa shape index (κ2) is 7.67. The number of carboxylic acid groups (broad SMARTS) is 1. The summed E-state index contributed by atoms with van der Waals surface area (Å²) in [6, 6.07) is 5.75. The highest BCUT2D eigenvalue weighted by Crippen LogP contribution is 2.29. The molecule has 0 aromatic heterocycles. The third-order valence-electron chi connectivity index (χ3n) is 3.44. The van der Waals surface area contributed by atoms with Gasteiger partial charge in [-0.15, -0.1) is 0 Å². The maximum atomic E-state index is 11.5. The van der Waals surface area contributed by atoms with E-state index in [0.29, 0.717) is 17.5 Å². The molecule has 4 heteroatoms. The van der Waals surface area contributed by atoms with Gasteiger partial charge >= 0.3 is 5.97 Å². The SMILES string of the molecule is CCC(CC)N(CC(C)C)c1cc(Br)ccc1C(=O)O. The lowest BCUT2D eigenvalue weighted by Crippen LogP contribution is -2.38. The molecule has 0 spiro atoms. The van der Waals surface area contributed by atoms with Gasteiger partial charge in [0.2, 0.25) is 0 Å². The lowest BCUT2D eigenvalue weighted by atomic mass is 10.0. The van der Waals surface area contributed by atoms with E-state index >= 15 is 0 Å². The molecule has 1 rings (SSSR count). The molecule has 0 radical (unpaired) electrons. The van der Waals surface area contributed by atoms with E-state index in [-0.39, 0.29) is 0 Å². The Hall–Kier alpha value is -1.03. The van der Waals surface area contributed by atoms with Crippen LogP contribution in [0.15, 0.2) is 22.7 Å². The molecule has 0 aliphatic carbocycles. The molecule has 0 unspecified atom stereocenters. The number of rotatable bonds is 7. The lowest BCUT2D eigenvalue weighted by Gasteiger charge is -2.35. The molecular formula is C16H24BrNO2. The van der Waals surface area contributed by atoms with Crippen molar-refractivity contribution in [3.8, 4) is 0 Å². The number of nitrogens with zero attached hydrogens (tertiary/aromatic N) is 1. The van der Waals surface area contributed by atoms with Gasteiger partial charge in [0.1, 0.15) is 0 Å². The summed E-state index contributed by atoms with van der Waals surface area (Å²) in [5, 5.41) is 9.42. The van der Waals surface area contributed by atoms with Gasteiger partial charge < -0.3 is 10.0 Å². The minimum absolute atomic E-state index is 0.366. The fraction of sp³-hybridized carbons (Fsp3) is 0.562. The molecule has 0 bridgehead atoms. The van der Waals surface area contributed by atoms with Gasteiger partial charge in [-0.3, -0.25) is 0 Å². The van der Waals surface area contributed by atoms with Crippen molar-refractivity contribution in [2.75, 3.05) is 11.4 Å². The summed E-state index contributed by atoms with van der Waals surface area (Å²) >= 11 is 3.45. The Morgan fingerprint density at radius 3 is 2.35 bits per heavy atom. The van der Waals surface area contributed by atoms with Gasteiger partial charge in [-0.05, 0) is 37.0 Å². The molecule has 0 saturated heterocycles. The van der Waals surface area contributed by atoms with Crippen molar-refractivity contribution in [3.63, 3.8) is 0 Å². The van der Waals surface area contributed by atoms with Crippen LogP contribution in [0.1, 0.15) is 50.9 Å². The highest BCUT2D eigenvalue weighted by atomic mass is 79.9. The standard InChI is InChI=1S/C16H24BrNO2/c1-5-13(6-2)18(10-11(3)4)15-9-12(17)7-8-14(15)16(19)20/h7-9,11,13H,5-6,10H2,1-4H3,(H,19,20). The average molecular weight is 342 g/mol. The van der Waals surface area contributed by atoms with Gasteiger partial charge in [0.25, 0.3) is 0 Å². The van der Waals surface area contributed by atoms with Gasteiger partial charge in [0, 0.05) is 17.1 Å². The Bertz CT molecular complexity index is 456. The molecule has 112 valence electrons. The van der Waals surface area contributed by atoms with Crippen molar-refractivity contribution in [1.82, 2.24) is 0 Å². The Labute approximate surface area is 130 Å². The first kappa shape index (κ1) is 17.0. The van der Waals surface area contributed by atoms with Crippen LogP contribution >= 0.6 is 15.9 Å². The minimum Gasteiger partial charge on any atom is -0.478 e. The average Bonchev–Trinajstić information content (AvgIpc) is 2.38. The summed E-state index contributed by atoms with van der Waals surface area (Å²) in [5.74, 6) is -0.386. The van der Waals surface area contributed by atoms with Crippen LogP contribution in [0.4, 0.5) is 5.69 Å². The minimum atomic E-state index is -0.868. The van der Waals surface area contributed by atoms with Crippen LogP contribution in [0.5, 0.6) is 0 Å². The number of benzene rings is 1. The number of hydrogen-bond donors (Lipinski definition) is 1. The van der Waals surface area contributed by atoms with Crippen LogP contribution in [0.2, 0.25) is 0 Å². The molecule has 1 aromatic carbocycles. The fourth-order valence-electron chi connectivity index (χ4n) is 2.49. The van der Waals surface area contributed by atoms with Gasteiger partial charge in [0.15, 0.2) is 0 Å².